The molecule has 1 aliphatic rings. The molecule has 114 valence electrons. The van der Waals surface area contributed by atoms with Gasteiger partial charge < -0.3 is 25.0 Å². The predicted molar refractivity (Wildman–Crippen MR) is 77.1 cm³/mol. The van der Waals surface area contributed by atoms with Crippen LogP contribution in [-0.2, 0) is 16.0 Å². The summed E-state index contributed by atoms with van der Waals surface area (Å²) in [5.41, 5.74) is 1.68. The van der Waals surface area contributed by atoms with E-state index in [-0.39, 0.29) is 12.1 Å². The number of urea groups is 1. The molecule has 0 unspecified atom stereocenters. The Balaban J connectivity index is 1.81. The van der Waals surface area contributed by atoms with Gasteiger partial charge in [-0.05, 0) is 17.7 Å². The number of amides is 3. The summed E-state index contributed by atoms with van der Waals surface area (Å²) in [6.07, 6.45) is -0.283. The number of rotatable bonds is 6. The van der Waals surface area contributed by atoms with E-state index in [0.717, 1.165) is 5.56 Å². The maximum Gasteiger partial charge on any atom is 0.410 e. The van der Waals surface area contributed by atoms with Gasteiger partial charge in [0.05, 0.1) is 13.2 Å². The molecule has 0 saturated carbocycles. The average Bonchev–Trinajstić information content (AvgIpc) is 2.87. The zero-order valence-corrected chi connectivity index (χ0v) is 11.9. The van der Waals surface area contributed by atoms with Crippen molar-refractivity contribution in [2.75, 3.05) is 38.7 Å². The molecule has 0 bridgehead atoms. The number of cyclic esters (lactones) is 1. The predicted octanol–water partition coefficient (Wildman–Crippen LogP) is 1.41. The maximum absolute atomic E-state index is 11.5. The summed E-state index contributed by atoms with van der Waals surface area (Å²) in [5.74, 6) is 0. The van der Waals surface area contributed by atoms with Crippen molar-refractivity contribution in [2.45, 2.75) is 6.54 Å². The van der Waals surface area contributed by atoms with E-state index < -0.39 is 0 Å². The van der Waals surface area contributed by atoms with Gasteiger partial charge in [0.15, 0.2) is 0 Å². The zero-order chi connectivity index (χ0) is 15.1. The van der Waals surface area contributed by atoms with Gasteiger partial charge in [0.2, 0.25) is 0 Å². The monoisotopic (exact) mass is 293 g/mol. The van der Waals surface area contributed by atoms with Gasteiger partial charge in [-0.25, -0.2) is 9.59 Å². The second kappa shape index (κ2) is 7.49. The Morgan fingerprint density at radius 1 is 1.38 bits per heavy atom. The molecule has 1 heterocycles. The average molecular weight is 293 g/mol. The molecule has 0 radical (unpaired) electrons. The first-order chi connectivity index (χ1) is 10.2. The number of nitrogens with zero attached hydrogens (tertiary/aromatic N) is 1. The smallest absolute Gasteiger partial charge is 0.410 e. The van der Waals surface area contributed by atoms with Crippen molar-refractivity contribution >= 4 is 17.8 Å². The van der Waals surface area contributed by atoms with E-state index in [1.165, 1.54) is 0 Å². The summed E-state index contributed by atoms with van der Waals surface area (Å²) in [7, 11) is 1.58. The quantitative estimate of drug-likeness (QED) is 0.777. The van der Waals surface area contributed by atoms with Crippen LogP contribution in [0.5, 0.6) is 0 Å². The normalized spacial score (nSPS) is 14.0. The second-order valence-electron chi connectivity index (χ2n) is 4.61. The number of carbonyl (C=O) groups is 2. The Morgan fingerprint density at radius 3 is 2.76 bits per heavy atom. The lowest BCUT2D eigenvalue weighted by atomic mass is 10.2. The summed E-state index contributed by atoms with van der Waals surface area (Å²) in [5, 5.41) is 5.39. The Morgan fingerprint density at radius 2 is 2.14 bits per heavy atom. The van der Waals surface area contributed by atoms with Crippen molar-refractivity contribution in [1.29, 1.82) is 0 Å². The minimum atomic E-state index is -0.283. The molecule has 3 amide bonds. The van der Waals surface area contributed by atoms with E-state index in [9.17, 15) is 9.59 Å². The van der Waals surface area contributed by atoms with Crippen LogP contribution >= 0.6 is 0 Å². The van der Waals surface area contributed by atoms with Gasteiger partial charge in [-0.15, -0.1) is 0 Å². The highest BCUT2D eigenvalue weighted by molar-refractivity contribution is 5.89. The molecule has 0 atom stereocenters. The molecule has 0 spiro atoms. The minimum absolute atomic E-state index is 0.275. The third kappa shape index (κ3) is 4.64. The van der Waals surface area contributed by atoms with Crippen LogP contribution in [0.25, 0.3) is 0 Å². The van der Waals surface area contributed by atoms with Crippen LogP contribution in [-0.4, -0.2) is 50.4 Å². The second-order valence-corrected chi connectivity index (χ2v) is 4.61. The molecule has 1 fully saturated rings. The molecular formula is C14H19N3O4. The highest BCUT2D eigenvalue weighted by atomic mass is 16.6. The molecule has 1 aromatic carbocycles. The van der Waals surface area contributed by atoms with Gasteiger partial charge in [-0.2, -0.15) is 0 Å². The molecule has 0 aliphatic carbocycles. The first-order valence-corrected chi connectivity index (χ1v) is 6.73. The van der Waals surface area contributed by atoms with Gasteiger partial charge in [0, 0.05) is 25.9 Å². The molecule has 2 N–H and O–H groups in total. The molecule has 0 aromatic heterocycles. The lowest BCUT2D eigenvalue weighted by Gasteiger charge is -2.13. The fourth-order valence-electron chi connectivity index (χ4n) is 1.93. The van der Waals surface area contributed by atoms with Crippen LogP contribution in [0, 0.1) is 0 Å². The molecule has 1 saturated heterocycles. The van der Waals surface area contributed by atoms with Gasteiger partial charge in [0.25, 0.3) is 0 Å². The third-order valence-electron chi connectivity index (χ3n) is 3.02. The van der Waals surface area contributed by atoms with Crippen LogP contribution in [0.4, 0.5) is 15.3 Å². The van der Waals surface area contributed by atoms with E-state index in [1.807, 2.05) is 12.1 Å². The Kier molecular flexibility index (Phi) is 5.39. The SMILES string of the molecule is COCCNC(=O)Nc1ccc(CN2CCOC2=O)cc1. The fraction of sp³-hybridized carbons (Fsp3) is 0.429. The lowest BCUT2D eigenvalue weighted by molar-refractivity contribution is 0.157. The molecule has 1 aliphatic heterocycles. The summed E-state index contributed by atoms with van der Waals surface area (Å²) in [4.78, 5) is 24.5. The highest BCUT2D eigenvalue weighted by Gasteiger charge is 2.21. The molecule has 7 heteroatoms. The molecular weight excluding hydrogens is 274 g/mol. The number of ether oxygens (including phenoxy) is 2. The minimum Gasteiger partial charge on any atom is -0.448 e. The van der Waals surface area contributed by atoms with Crippen molar-refractivity contribution in [3.63, 3.8) is 0 Å². The van der Waals surface area contributed by atoms with Crippen LogP contribution in [0.1, 0.15) is 5.56 Å². The Hall–Kier alpha value is -2.28. The topological polar surface area (TPSA) is 79.9 Å². The number of methoxy groups -OCH3 is 1. The van der Waals surface area contributed by atoms with E-state index >= 15 is 0 Å². The summed E-state index contributed by atoms with van der Waals surface area (Å²) in [6, 6.07) is 7.06. The van der Waals surface area contributed by atoms with E-state index in [1.54, 1.807) is 24.1 Å². The highest BCUT2D eigenvalue weighted by Crippen LogP contribution is 2.13. The number of carbonyl (C=O) groups excluding carboxylic acids is 2. The van der Waals surface area contributed by atoms with E-state index in [2.05, 4.69) is 10.6 Å². The maximum atomic E-state index is 11.5. The van der Waals surface area contributed by atoms with Crippen LogP contribution in [0.2, 0.25) is 0 Å². The molecule has 7 nitrogen and oxygen atoms in total. The Labute approximate surface area is 123 Å². The summed E-state index contributed by atoms with van der Waals surface area (Å²) >= 11 is 0. The number of anilines is 1. The third-order valence-corrected chi connectivity index (χ3v) is 3.02. The number of hydrogen-bond donors (Lipinski definition) is 2. The number of nitrogens with one attached hydrogen (secondary N) is 2. The van der Waals surface area contributed by atoms with Crippen molar-refractivity contribution in [3.05, 3.63) is 29.8 Å². The molecule has 21 heavy (non-hydrogen) atoms. The van der Waals surface area contributed by atoms with Gasteiger partial charge >= 0.3 is 12.1 Å². The van der Waals surface area contributed by atoms with E-state index in [0.29, 0.717) is 38.5 Å². The number of benzene rings is 1. The standard InChI is InChI=1S/C14H19N3O4/c1-20-8-6-15-13(18)16-12-4-2-11(3-5-12)10-17-7-9-21-14(17)19/h2-5H,6-10H2,1H3,(H2,15,16,18). The van der Waals surface area contributed by atoms with Crippen LogP contribution in [0.15, 0.2) is 24.3 Å². The van der Waals surface area contributed by atoms with Crippen molar-refractivity contribution in [2.24, 2.45) is 0 Å². The van der Waals surface area contributed by atoms with Crippen LogP contribution in [0.3, 0.4) is 0 Å². The van der Waals surface area contributed by atoms with Crippen molar-refractivity contribution < 1.29 is 19.1 Å². The Bertz CT molecular complexity index is 489. The molecule has 1 aromatic rings. The van der Waals surface area contributed by atoms with Gasteiger partial charge in [-0.3, -0.25) is 0 Å². The van der Waals surface area contributed by atoms with E-state index in [4.69, 9.17) is 9.47 Å². The first kappa shape index (κ1) is 15.1. The first-order valence-electron chi connectivity index (χ1n) is 6.73. The van der Waals surface area contributed by atoms with Gasteiger partial charge in [-0.1, -0.05) is 12.1 Å². The molecule has 2 rings (SSSR count). The largest absolute Gasteiger partial charge is 0.448 e. The summed E-state index contributed by atoms with van der Waals surface area (Å²) in [6.45, 7) is 2.50. The lowest BCUT2D eigenvalue weighted by Crippen LogP contribution is -2.31. The van der Waals surface area contributed by atoms with Gasteiger partial charge in [0.1, 0.15) is 6.61 Å². The summed E-state index contributed by atoms with van der Waals surface area (Å²) < 4.78 is 9.72. The fourth-order valence-corrected chi connectivity index (χ4v) is 1.93. The zero-order valence-electron chi connectivity index (χ0n) is 11.9. The number of hydrogen-bond acceptors (Lipinski definition) is 4. The van der Waals surface area contributed by atoms with Crippen molar-refractivity contribution in [1.82, 2.24) is 10.2 Å². The van der Waals surface area contributed by atoms with Crippen molar-refractivity contribution in [3.8, 4) is 0 Å². The van der Waals surface area contributed by atoms with Crippen LogP contribution < -0.4 is 10.6 Å².